The lowest BCUT2D eigenvalue weighted by atomic mass is 10.2. The maximum Gasteiger partial charge on any atom is 0.264 e. The SMILES string of the molecule is O=C1NC(=Nc2ccccc2Cl)SC1=Cc1cccc(Cl)c1. The van der Waals surface area contributed by atoms with Crippen molar-refractivity contribution in [2.45, 2.75) is 0 Å². The van der Waals surface area contributed by atoms with E-state index in [0.717, 1.165) is 5.56 Å². The zero-order valence-electron chi connectivity index (χ0n) is 11.2. The molecule has 1 aliphatic heterocycles. The second kappa shape index (κ2) is 6.57. The summed E-state index contributed by atoms with van der Waals surface area (Å²) in [4.78, 5) is 16.9. The number of amidine groups is 1. The molecule has 1 aliphatic rings. The van der Waals surface area contributed by atoms with Crippen molar-refractivity contribution in [1.29, 1.82) is 0 Å². The molecule has 0 spiro atoms. The fraction of sp³-hybridized carbons (Fsp3) is 0. The molecular weight excluding hydrogens is 339 g/mol. The van der Waals surface area contributed by atoms with Crippen LogP contribution in [0.3, 0.4) is 0 Å². The molecule has 2 aromatic rings. The Morgan fingerprint density at radius 3 is 2.68 bits per heavy atom. The van der Waals surface area contributed by atoms with Crippen LogP contribution >= 0.6 is 35.0 Å². The summed E-state index contributed by atoms with van der Waals surface area (Å²) < 4.78 is 0. The summed E-state index contributed by atoms with van der Waals surface area (Å²) >= 11 is 13.3. The normalized spacial score (nSPS) is 18.0. The number of amides is 1. The molecule has 22 heavy (non-hydrogen) atoms. The molecule has 0 atom stereocenters. The maximum atomic E-state index is 12.0. The van der Waals surface area contributed by atoms with Gasteiger partial charge < -0.3 is 5.32 Å². The zero-order valence-corrected chi connectivity index (χ0v) is 13.5. The first kappa shape index (κ1) is 15.2. The fourth-order valence-electron chi connectivity index (χ4n) is 1.88. The lowest BCUT2D eigenvalue weighted by Gasteiger charge is -1.98. The number of rotatable bonds is 2. The first-order chi connectivity index (χ1) is 10.6. The number of hydrogen-bond donors (Lipinski definition) is 1. The van der Waals surface area contributed by atoms with E-state index in [1.54, 1.807) is 30.3 Å². The molecule has 3 rings (SSSR count). The molecule has 2 aromatic carbocycles. The Kier molecular flexibility index (Phi) is 4.52. The van der Waals surface area contributed by atoms with Gasteiger partial charge in [-0.2, -0.15) is 0 Å². The summed E-state index contributed by atoms with van der Waals surface area (Å²) in [5, 5.41) is 4.40. The molecule has 1 N–H and O–H groups in total. The predicted octanol–water partition coefficient (Wildman–Crippen LogP) is 4.89. The highest BCUT2D eigenvalue weighted by Gasteiger charge is 2.23. The molecule has 1 heterocycles. The Bertz CT molecular complexity index is 802. The van der Waals surface area contributed by atoms with Crippen LogP contribution in [0.5, 0.6) is 0 Å². The molecule has 1 saturated heterocycles. The van der Waals surface area contributed by atoms with E-state index in [4.69, 9.17) is 23.2 Å². The third-order valence-corrected chi connectivity index (χ3v) is 4.34. The van der Waals surface area contributed by atoms with E-state index in [2.05, 4.69) is 10.3 Å². The molecule has 0 unspecified atom stereocenters. The van der Waals surface area contributed by atoms with Gasteiger partial charge in [0.1, 0.15) is 0 Å². The van der Waals surface area contributed by atoms with Crippen LogP contribution in [-0.2, 0) is 4.79 Å². The van der Waals surface area contributed by atoms with Crippen LogP contribution in [0, 0.1) is 0 Å². The first-order valence-electron chi connectivity index (χ1n) is 6.41. The number of halogens is 2. The van der Waals surface area contributed by atoms with E-state index in [1.165, 1.54) is 11.8 Å². The van der Waals surface area contributed by atoms with E-state index >= 15 is 0 Å². The van der Waals surface area contributed by atoms with Gasteiger partial charge in [0.15, 0.2) is 5.17 Å². The van der Waals surface area contributed by atoms with Crippen molar-refractivity contribution < 1.29 is 4.79 Å². The topological polar surface area (TPSA) is 41.5 Å². The van der Waals surface area contributed by atoms with Gasteiger partial charge in [0.05, 0.1) is 15.6 Å². The van der Waals surface area contributed by atoms with Gasteiger partial charge in [-0.05, 0) is 47.7 Å². The summed E-state index contributed by atoms with van der Waals surface area (Å²) in [6.45, 7) is 0. The number of thioether (sulfide) groups is 1. The third kappa shape index (κ3) is 3.53. The Balaban J connectivity index is 1.86. The van der Waals surface area contributed by atoms with Crippen LogP contribution in [0.4, 0.5) is 5.69 Å². The summed E-state index contributed by atoms with van der Waals surface area (Å²) in [6.07, 6.45) is 1.78. The summed E-state index contributed by atoms with van der Waals surface area (Å²) in [7, 11) is 0. The average molecular weight is 349 g/mol. The van der Waals surface area contributed by atoms with Crippen LogP contribution in [0.1, 0.15) is 5.56 Å². The Morgan fingerprint density at radius 1 is 1.09 bits per heavy atom. The largest absolute Gasteiger partial charge is 0.300 e. The monoisotopic (exact) mass is 348 g/mol. The number of hydrogen-bond acceptors (Lipinski definition) is 3. The number of aliphatic imine (C=N–C) groups is 1. The lowest BCUT2D eigenvalue weighted by molar-refractivity contribution is -0.115. The number of carbonyl (C=O) groups is 1. The maximum absolute atomic E-state index is 12.0. The van der Waals surface area contributed by atoms with Crippen molar-refractivity contribution in [3.63, 3.8) is 0 Å². The molecule has 3 nitrogen and oxygen atoms in total. The van der Waals surface area contributed by atoms with Gasteiger partial charge in [-0.25, -0.2) is 4.99 Å². The van der Waals surface area contributed by atoms with E-state index in [0.29, 0.717) is 25.8 Å². The molecule has 0 bridgehead atoms. The lowest BCUT2D eigenvalue weighted by Crippen LogP contribution is -2.19. The van der Waals surface area contributed by atoms with Gasteiger partial charge in [0, 0.05) is 5.02 Å². The number of nitrogens with one attached hydrogen (secondary N) is 1. The predicted molar refractivity (Wildman–Crippen MR) is 93.7 cm³/mol. The molecule has 1 fully saturated rings. The van der Waals surface area contributed by atoms with E-state index in [-0.39, 0.29) is 5.91 Å². The van der Waals surface area contributed by atoms with Crippen LogP contribution in [-0.4, -0.2) is 11.1 Å². The highest BCUT2D eigenvalue weighted by molar-refractivity contribution is 8.18. The highest BCUT2D eigenvalue weighted by atomic mass is 35.5. The number of para-hydroxylation sites is 1. The highest BCUT2D eigenvalue weighted by Crippen LogP contribution is 2.30. The Morgan fingerprint density at radius 2 is 1.91 bits per heavy atom. The van der Waals surface area contributed by atoms with Crippen LogP contribution < -0.4 is 5.32 Å². The smallest absolute Gasteiger partial charge is 0.264 e. The van der Waals surface area contributed by atoms with Crippen molar-refractivity contribution in [2.75, 3.05) is 0 Å². The van der Waals surface area contributed by atoms with Crippen molar-refractivity contribution in [1.82, 2.24) is 5.32 Å². The molecule has 0 radical (unpaired) electrons. The Labute approximate surface area is 142 Å². The van der Waals surface area contributed by atoms with E-state index in [9.17, 15) is 4.79 Å². The van der Waals surface area contributed by atoms with Gasteiger partial charge in [-0.15, -0.1) is 0 Å². The quantitative estimate of drug-likeness (QED) is 0.785. The molecule has 0 aliphatic carbocycles. The Hall–Kier alpha value is -1.75. The van der Waals surface area contributed by atoms with Crippen molar-refractivity contribution >= 4 is 57.8 Å². The van der Waals surface area contributed by atoms with Crippen LogP contribution in [0.25, 0.3) is 6.08 Å². The minimum Gasteiger partial charge on any atom is -0.300 e. The zero-order chi connectivity index (χ0) is 15.5. The van der Waals surface area contributed by atoms with E-state index < -0.39 is 0 Å². The summed E-state index contributed by atoms with van der Waals surface area (Å²) in [6, 6.07) is 14.5. The fourth-order valence-corrected chi connectivity index (χ4v) is 3.09. The molecular formula is C16H10Cl2N2OS. The first-order valence-corrected chi connectivity index (χ1v) is 7.99. The van der Waals surface area contributed by atoms with Crippen molar-refractivity contribution in [2.24, 2.45) is 4.99 Å². The van der Waals surface area contributed by atoms with Gasteiger partial charge in [-0.3, -0.25) is 4.79 Å². The number of nitrogens with zero attached hydrogens (tertiary/aromatic N) is 1. The minimum atomic E-state index is -0.184. The van der Waals surface area contributed by atoms with Gasteiger partial charge in [0.25, 0.3) is 5.91 Å². The van der Waals surface area contributed by atoms with Crippen molar-refractivity contribution in [3.8, 4) is 0 Å². The van der Waals surface area contributed by atoms with Gasteiger partial charge in [-0.1, -0.05) is 47.5 Å². The average Bonchev–Trinajstić information content (AvgIpc) is 2.81. The van der Waals surface area contributed by atoms with Gasteiger partial charge >= 0.3 is 0 Å². The molecule has 0 aromatic heterocycles. The van der Waals surface area contributed by atoms with Gasteiger partial charge in [0.2, 0.25) is 0 Å². The number of benzene rings is 2. The number of carbonyl (C=O) groups excluding carboxylic acids is 1. The second-order valence-corrected chi connectivity index (χ2v) is 6.36. The third-order valence-electron chi connectivity index (χ3n) is 2.87. The van der Waals surface area contributed by atoms with E-state index in [1.807, 2.05) is 24.3 Å². The van der Waals surface area contributed by atoms with Crippen LogP contribution in [0.15, 0.2) is 58.4 Å². The van der Waals surface area contributed by atoms with Crippen LogP contribution in [0.2, 0.25) is 10.0 Å². The van der Waals surface area contributed by atoms with Crippen molar-refractivity contribution in [3.05, 3.63) is 69.0 Å². The molecule has 6 heteroatoms. The molecule has 0 saturated carbocycles. The standard InChI is InChI=1S/C16H10Cl2N2OS/c17-11-5-3-4-10(8-11)9-14-15(21)20-16(22-14)19-13-7-2-1-6-12(13)18/h1-9H,(H,19,20,21). The molecule has 1 amide bonds. The second-order valence-electron chi connectivity index (χ2n) is 4.49. The summed E-state index contributed by atoms with van der Waals surface area (Å²) in [5.41, 5.74) is 1.49. The minimum absolute atomic E-state index is 0.184. The molecule has 110 valence electrons. The summed E-state index contributed by atoms with van der Waals surface area (Å²) in [5.74, 6) is -0.184.